The van der Waals surface area contributed by atoms with Gasteiger partial charge in [-0.2, -0.15) is 0 Å². The lowest BCUT2D eigenvalue weighted by atomic mass is 9.96. The quantitative estimate of drug-likeness (QED) is 0.109. The molecule has 0 spiro atoms. The second-order valence-corrected chi connectivity index (χ2v) is 11.2. The van der Waals surface area contributed by atoms with E-state index in [1.807, 2.05) is 0 Å². The number of aliphatic hydroxyl groups excluding tert-OH is 12. The van der Waals surface area contributed by atoms with Gasteiger partial charge in [0.1, 0.15) is 85.5 Å². The van der Waals surface area contributed by atoms with Crippen LogP contribution in [0.4, 0.5) is 0 Å². The third kappa shape index (κ3) is 7.26. The van der Waals surface area contributed by atoms with Crippen LogP contribution in [0.15, 0.2) is 0 Å². The van der Waals surface area contributed by atoms with E-state index in [1.165, 1.54) is 6.92 Å². The molecule has 45 heavy (non-hydrogen) atoms. The van der Waals surface area contributed by atoms with E-state index in [1.54, 1.807) is 0 Å². The fraction of sp³-hybridized carbons (Fsp3) is 0.958. The molecule has 21 nitrogen and oxygen atoms in total. The van der Waals surface area contributed by atoms with Crippen molar-refractivity contribution in [1.82, 2.24) is 0 Å². The van der Waals surface area contributed by atoms with Crippen LogP contribution in [0.5, 0.6) is 0 Å². The Kier molecular flexibility index (Phi) is 12.1. The summed E-state index contributed by atoms with van der Waals surface area (Å²) < 4.78 is 37.4. The number of hydrogen-bond donors (Lipinski definition) is 13. The molecule has 4 aliphatic heterocycles. The van der Waals surface area contributed by atoms with E-state index in [9.17, 15) is 71.2 Å². The molecule has 4 aliphatic rings. The topological polar surface area (TPSA) is 345 Å². The fourth-order valence-electron chi connectivity index (χ4n) is 5.42. The van der Waals surface area contributed by atoms with Crippen molar-refractivity contribution in [3.05, 3.63) is 0 Å². The monoisotopic (exact) mass is 664 g/mol. The highest BCUT2D eigenvalue weighted by atomic mass is 16.8. The van der Waals surface area contributed by atoms with Gasteiger partial charge < -0.3 is 99.5 Å². The minimum Gasteiger partial charge on any atom is -0.479 e. The summed E-state index contributed by atoms with van der Waals surface area (Å²) in [6.07, 6.45) is -37.3. The molecule has 0 bridgehead atoms. The second kappa shape index (κ2) is 14.9. The van der Waals surface area contributed by atoms with Crippen LogP contribution >= 0.6 is 0 Å². The number of rotatable bonds is 9. The smallest absolute Gasteiger partial charge is 0.335 e. The maximum atomic E-state index is 12.1. The predicted octanol–water partition coefficient (Wildman–Crippen LogP) is -8.63. The number of carbonyl (C=O) groups is 1. The summed E-state index contributed by atoms with van der Waals surface area (Å²) in [6.45, 7) is -0.382. The molecular weight excluding hydrogens is 624 g/mol. The minimum atomic E-state index is -2.19. The number of carboxylic acids is 1. The molecule has 262 valence electrons. The first-order valence-electron chi connectivity index (χ1n) is 14.0. The Morgan fingerprint density at radius 3 is 1.58 bits per heavy atom. The Balaban J connectivity index is 1.54. The molecule has 4 saturated heterocycles. The van der Waals surface area contributed by atoms with Crippen molar-refractivity contribution in [3.8, 4) is 0 Å². The van der Waals surface area contributed by atoms with Crippen LogP contribution in [0.1, 0.15) is 6.92 Å². The van der Waals surface area contributed by atoms with Gasteiger partial charge in [-0.1, -0.05) is 0 Å². The molecule has 0 saturated carbocycles. The van der Waals surface area contributed by atoms with Crippen molar-refractivity contribution in [2.24, 2.45) is 0 Å². The van der Waals surface area contributed by atoms with Gasteiger partial charge in [0, 0.05) is 0 Å². The average Bonchev–Trinajstić information content (AvgIpc) is 3.00. The van der Waals surface area contributed by atoms with Gasteiger partial charge in [0.15, 0.2) is 31.3 Å². The van der Waals surface area contributed by atoms with Crippen LogP contribution < -0.4 is 0 Å². The van der Waals surface area contributed by atoms with Crippen LogP contribution in [-0.2, 0) is 38.0 Å². The first-order valence-corrected chi connectivity index (χ1v) is 14.0. The van der Waals surface area contributed by atoms with Crippen LogP contribution in [0, 0.1) is 0 Å². The number of aliphatic hydroxyl groups is 12. The van der Waals surface area contributed by atoms with Crippen LogP contribution in [-0.4, -0.2) is 208 Å². The molecule has 4 fully saturated rings. The Labute approximate surface area is 253 Å². The Morgan fingerprint density at radius 2 is 1.00 bits per heavy atom. The highest BCUT2D eigenvalue weighted by Crippen LogP contribution is 2.34. The molecule has 13 N–H and O–H groups in total. The fourth-order valence-corrected chi connectivity index (χ4v) is 5.42. The standard InChI is InChI=1S/C24H40O21/c1-4-7(27)10(30)14(34)22(39-4)42-16-13(33)15(35)23(45-19(16)20(36)37)44-18-12(32)9(29)6(3-26)41-24(18)43-17-11(31)8(28)5(2-25)40-21(17)38/h4-19,21-35,38H,2-3H2,1H3,(H,36,37)/t4-,5+,6+,7-,8+,9+,10+,11-,12-,13+,14+,15+,16-,17-,18-,19-,21?,22-,23-,24+/m0/s1. The zero-order valence-corrected chi connectivity index (χ0v) is 23.5. The minimum absolute atomic E-state index is 0.798. The highest BCUT2D eigenvalue weighted by molar-refractivity contribution is 5.73. The van der Waals surface area contributed by atoms with Gasteiger partial charge >= 0.3 is 5.97 Å². The molecule has 20 atom stereocenters. The van der Waals surface area contributed by atoms with E-state index in [4.69, 9.17) is 33.2 Å². The van der Waals surface area contributed by atoms with Gasteiger partial charge in [0.25, 0.3) is 0 Å². The number of ether oxygens (including phenoxy) is 7. The number of hydrogen-bond acceptors (Lipinski definition) is 20. The SMILES string of the molecule is C[C@@H]1O[C@@H](O[C@H]2[C@H](O)[C@@H](O)[C@@H](O[C@@H]3[C@@H](O[C@@H]4C(O)O[C@H](CO)[C@@H](O)[C@@H]4O)O[C@H](CO)[C@@H](O)[C@@H]3O)O[C@@H]2C(=O)O)[C@H](O)[C@H](O)[C@H]1O. The van der Waals surface area contributed by atoms with Crippen LogP contribution in [0.2, 0.25) is 0 Å². The van der Waals surface area contributed by atoms with Crippen LogP contribution in [0.3, 0.4) is 0 Å². The Hall–Kier alpha value is -1.29. The molecule has 21 heteroatoms. The normalized spacial score (nSPS) is 52.8. The largest absolute Gasteiger partial charge is 0.479 e. The van der Waals surface area contributed by atoms with E-state index in [0.717, 1.165) is 0 Å². The molecule has 0 aliphatic carbocycles. The molecule has 1 unspecified atom stereocenters. The third-order valence-corrected chi connectivity index (χ3v) is 8.14. The molecule has 0 aromatic heterocycles. The maximum absolute atomic E-state index is 12.1. The Morgan fingerprint density at radius 1 is 0.533 bits per heavy atom. The van der Waals surface area contributed by atoms with E-state index < -0.39 is 142 Å². The lowest BCUT2D eigenvalue weighted by Gasteiger charge is -2.48. The van der Waals surface area contributed by atoms with Crippen molar-refractivity contribution in [2.75, 3.05) is 13.2 Å². The molecule has 0 aromatic rings. The summed E-state index contributed by atoms with van der Waals surface area (Å²) in [5.41, 5.74) is 0. The van der Waals surface area contributed by atoms with Crippen molar-refractivity contribution < 1.29 is 104 Å². The van der Waals surface area contributed by atoms with E-state index in [2.05, 4.69) is 0 Å². The van der Waals surface area contributed by atoms with Crippen molar-refractivity contribution >= 4 is 5.97 Å². The summed E-state index contributed by atoms with van der Waals surface area (Å²) in [5, 5.41) is 133. The first kappa shape index (κ1) is 36.5. The zero-order valence-electron chi connectivity index (χ0n) is 23.5. The van der Waals surface area contributed by atoms with Gasteiger partial charge in [0.05, 0.1) is 19.3 Å². The lowest BCUT2D eigenvalue weighted by Crippen LogP contribution is -2.68. The first-order chi connectivity index (χ1) is 21.1. The molecule has 4 heterocycles. The zero-order chi connectivity index (χ0) is 33.5. The second-order valence-electron chi connectivity index (χ2n) is 11.2. The Bertz CT molecular complexity index is 975. The molecule has 0 aromatic carbocycles. The summed E-state index contributed by atoms with van der Waals surface area (Å²) >= 11 is 0. The summed E-state index contributed by atoms with van der Waals surface area (Å²) in [5.74, 6) is -1.79. The van der Waals surface area contributed by atoms with Gasteiger partial charge in [-0.25, -0.2) is 4.79 Å². The molecule has 4 rings (SSSR count). The van der Waals surface area contributed by atoms with E-state index >= 15 is 0 Å². The van der Waals surface area contributed by atoms with Crippen molar-refractivity contribution in [3.63, 3.8) is 0 Å². The van der Waals surface area contributed by atoms with Gasteiger partial charge in [-0.3, -0.25) is 0 Å². The summed E-state index contributed by atoms with van der Waals surface area (Å²) in [6, 6.07) is 0. The van der Waals surface area contributed by atoms with Crippen molar-refractivity contribution in [1.29, 1.82) is 0 Å². The number of carboxylic acid groups (broad SMARTS) is 1. The van der Waals surface area contributed by atoms with Crippen molar-refractivity contribution in [2.45, 2.75) is 130 Å². The van der Waals surface area contributed by atoms with E-state index in [0.29, 0.717) is 0 Å². The maximum Gasteiger partial charge on any atom is 0.335 e. The summed E-state index contributed by atoms with van der Waals surface area (Å²) in [7, 11) is 0. The average molecular weight is 665 g/mol. The highest BCUT2D eigenvalue weighted by Gasteiger charge is 2.56. The van der Waals surface area contributed by atoms with E-state index in [-0.39, 0.29) is 0 Å². The van der Waals surface area contributed by atoms with Crippen LogP contribution in [0.25, 0.3) is 0 Å². The predicted molar refractivity (Wildman–Crippen MR) is 133 cm³/mol. The lowest BCUT2D eigenvalue weighted by molar-refractivity contribution is -0.395. The molecule has 0 amide bonds. The number of aliphatic carboxylic acids is 1. The van der Waals surface area contributed by atoms with Gasteiger partial charge in [-0.15, -0.1) is 0 Å². The molecular formula is C24H40O21. The summed E-state index contributed by atoms with van der Waals surface area (Å²) in [4.78, 5) is 12.1. The molecule has 0 radical (unpaired) electrons. The van der Waals surface area contributed by atoms with Gasteiger partial charge in [0.2, 0.25) is 0 Å². The third-order valence-electron chi connectivity index (χ3n) is 8.14. The van der Waals surface area contributed by atoms with Gasteiger partial charge in [-0.05, 0) is 6.92 Å².